The summed E-state index contributed by atoms with van der Waals surface area (Å²) in [6, 6.07) is 0.780. The Hall–Kier alpha value is -0.160. The van der Waals surface area contributed by atoms with Crippen molar-refractivity contribution in [3.63, 3.8) is 0 Å². The zero-order chi connectivity index (χ0) is 13.7. The van der Waals surface area contributed by atoms with E-state index in [1.807, 2.05) is 0 Å². The smallest absolute Gasteiger partial charge is 0.0707 e. The zero-order valence-corrected chi connectivity index (χ0v) is 12.9. The molecule has 2 aliphatic heterocycles. The second-order valence-corrected chi connectivity index (χ2v) is 6.26. The first-order chi connectivity index (χ1) is 9.19. The molecule has 0 bridgehead atoms. The predicted octanol–water partition coefficient (Wildman–Crippen LogP) is 1.17. The van der Waals surface area contributed by atoms with Gasteiger partial charge in [0.15, 0.2) is 0 Å². The molecule has 0 aliphatic carbocycles. The molecule has 2 saturated heterocycles. The Morgan fingerprint density at radius 1 is 1.11 bits per heavy atom. The Balaban J connectivity index is 1.64. The monoisotopic (exact) mass is 269 g/mol. The first kappa shape index (κ1) is 15.2. The van der Waals surface area contributed by atoms with Crippen molar-refractivity contribution in [3.05, 3.63) is 0 Å². The van der Waals surface area contributed by atoms with Gasteiger partial charge in [0.1, 0.15) is 0 Å². The van der Waals surface area contributed by atoms with E-state index in [0.29, 0.717) is 12.2 Å². The molecule has 0 radical (unpaired) electrons. The Bertz CT molecular complexity index is 252. The largest absolute Gasteiger partial charge is 0.372 e. The molecule has 2 aliphatic rings. The summed E-state index contributed by atoms with van der Waals surface area (Å²) in [6.07, 6.45) is 6.00. The summed E-state index contributed by atoms with van der Waals surface area (Å²) in [6.45, 7) is 7.84. The van der Waals surface area contributed by atoms with E-state index in [1.165, 1.54) is 38.8 Å². The molecule has 2 atom stereocenters. The number of hydrogen-bond acceptors (Lipinski definition) is 4. The number of likely N-dealkylation sites (tertiary alicyclic amines) is 1. The maximum absolute atomic E-state index is 6.13. The van der Waals surface area contributed by atoms with Crippen molar-refractivity contribution >= 4 is 0 Å². The van der Waals surface area contributed by atoms with Gasteiger partial charge in [-0.25, -0.2) is 0 Å². The molecule has 2 unspecified atom stereocenters. The van der Waals surface area contributed by atoms with Gasteiger partial charge >= 0.3 is 0 Å². The van der Waals surface area contributed by atoms with E-state index < -0.39 is 0 Å². The summed E-state index contributed by atoms with van der Waals surface area (Å²) in [5, 5.41) is 3.39. The van der Waals surface area contributed by atoms with Crippen molar-refractivity contribution in [2.75, 3.05) is 46.8 Å². The topological polar surface area (TPSA) is 27.7 Å². The average molecular weight is 269 g/mol. The third kappa shape index (κ3) is 4.71. The Morgan fingerprint density at radius 2 is 1.79 bits per heavy atom. The van der Waals surface area contributed by atoms with Crippen LogP contribution in [0.2, 0.25) is 0 Å². The number of nitrogens with one attached hydrogen (secondary N) is 1. The molecule has 0 spiro atoms. The van der Waals surface area contributed by atoms with Crippen LogP contribution in [0.15, 0.2) is 0 Å². The summed E-state index contributed by atoms with van der Waals surface area (Å²) in [4.78, 5) is 4.97. The molecular formula is C15H31N3O. The van der Waals surface area contributed by atoms with Crippen LogP contribution in [0, 0.1) is 0 Å². The summed E-state index contributed by atoms with van der Waals surface area (Å²) < 4.78 is 6.13. The van der Waals surface area contributed by atoms with Crippen LogP contribution in [0.25, 0.3) is 0 Å². The van der Waals surface area contributed by atoms with Crippen LogP contribution in [-0.4, -0.2) is 74.9 Å². The van der Waals surface area contributed by atoms with Crippen molar-refractivity contribution in [2.45, 2.75) is 50.9 Å². The first-order valence-electron chi connectivity index (χ1n) is 7.94. The van der Waals surface area contributed by atoms with Gasteiger partial charge in [-0.15, -0.1) is 0 Å². The number of ether oxygens (including phenoxy) is 1. The lowest BCUT2D eigenvalue weighted by atomic mass is 10.0. The Labute approximate surface area is 118 Å². The minimum absolute atomic E-state index is 0.448. The quantitative estimate of drug-likeness (QED) is 0.783. The predicted molar refractivity (Wildman–Crippen MR) is 79.6 cm³/mol. The lowest BCUT2D eigenvalue weighted by molar-refractivity contribution is 0.0151. The lowest BCUT2D eigenvalue weighted by Gasteiger charge is -2.36. The van der Waals surface area contributed by atoms with E-state index in [4.69, 9.17) is 4.74 Å². The molecule has 4 heteroatoms. The maximum atomic E-state index is 6.13. The van der Waals surface area contributed by atoms with Crippen molar-refractivity contribution in [1.29, 1.82) is 0 Å². The van der Waals surface area contributed by atoms with Crippen LogP contribution in [0.4, 0.5) is 0 Å². The van der Waals surface area contributed by atoms with Crippen LogP contribution in [-0.2, 0) is 4.74 Å². The van der Waals surface area contributed by atoms with Crippen LogP contribution < -0.4 is 5.32 Å². The van der Waals surface area contributed by atoms with Crippen molar-refractivity contribution < 1.29 is 4.74 Å². The third-order valence-electron chi connectivity index (χ3n) is 4.57. The Kier molecular flexibility index (Phi) is 6.07. The van der Waals surface area contributed by atoms with E-state index in [9.17, 15) is 0 Å². The van der Waals surface area contributed by atoms with E-state index in [1.54, 1.807) is 0 Å². The van der Waals surface area contributed by atoms with Gasteiger partial charge in [-0.05, 0) is 59.4 Å². The summed E-state index contributed by atoms with van der Waals surface area (Å²) in [5.41, 5.74) is 0. The standard InChI is InChI=1S/C15H31N3O/c1-4-16-11-14-5-6-15(19-14)12-18-9-7-13(8-10-18)17(2)3/h13-16H,4-12H2,1-3H3. The van der Waals surface area contributed by atoms with E-state index >= 15 is 0 Å². The number of hydrogen-bond donors (Lipinski definition) is 1. The van der Waals surface area contributed by atoms with E-state index in [0.717, 1.165) is 25.7 Å². The minimum Gasteiger partial charge on any atom is -0.372 e. The summed E-state index contributed by atoms with van der Waals surface area (Å²) in [7, 11) is 4.40. The molecule has 2 heterocycles. The molecule has 0 saturated carbocycles. The van der Waals surface area contributed by atoms with Gasteiger partial charge in [-0.1, -0.05) is 6.92 Å². The molecule has 1 N–H and O–H groups in total. The molecule has 2 fully saturated rings. The van der Waals surface area contributed by atoms with Crippen molar-refractivity contribution in [3.8, 4) is 0 Å². The summed E-state index contributed by atoms with van der Waals surface area (Å²) in [5.74, 6) is 0. The number of rotatable bonds is 6. The SMILES string of the molecule is CCNCC1CCC(CN2CCC(N(C)C)CC2)O1. The van der Waals surface area contributed by atoms with E-state index in [2.05, 4.69) is 36.1 Å². The second kappa shape index (κ2) is 7.58. The molecule has 4 nitrogen and oxygen atoms in total. The Morgan fingerprint density at radius 3 is 2.42 bits per heavy atom. The van der Waals surface area contributed by atoms with Gasteiger partial charge in [-0.3, -0.25) is 0 Å². The molecule has 0 aromatic carbocycles. The fraction of sp³-hybridized carbons (Fsp3) is 1.00. The van der Waals surface area contributed by atoms with Gasteiger partial charge < -0.3 is 19.9 Å². The maximum Gasteiger partial charge on any atom is 0.0707 e. The number of nitrogens with zero attached hydrogens (tertiary/aromatic N) is 2. The highest BCUT2D eigenvalue weighted by Gasteiger charge is 2.28. The molecular weight excluding hydrogens is 238 g/mol. The van der Waals surface area contributed by atoms with Crippen LogP contribution in [0.3, 0.4) is 0 Å². The second-order valence-electron chi connectivity index (χ2n) is 6.26. The van der Waals surface area contributed by atoms with Gasteiger partial charge in [0.2, 0.25) is 0 Å². The highest BCUT2D eigenvalue weighted by atomic mass is 16.5. The molecule has 0 aromatic heterocycles. The number of likely N-dealkylation sites (N-methyl/N-ethyl adjacent to an activating group) is 1. The molecule has 0 aromatic rings. The molecule has 0 amide bonds. The summed E-state index contributed by atoms with van der Waals surface area (Å²) >= 11 is 0. The van der Waals surface area contributed by atoms with Gasteiger partial charge in [0.25, 0.3) is 0 Å². The molecule has 112 valence electrons. The van der Waals surface area contributed by atoms with Crippen LogP contribution in [0.1, 0.15) is 32.6 Å². The van der Waals surface area contributed by atoms with Gasteiger partial charge in [0, 0.05) is 19.1 Å². The fourth-order valence-electron chi connectivity index (χ4n) is 3.28. The van der Waals surface area contributed by atoms with Crippen LogP contribution >= 0.6 is 0 Å². The minimum atomic E-state index is 0.448. The number of piperidine rings is 1. The molecule has 19 heavy (non-hydrogen) atoms. The third-order valence-corrected chi connectivity index (χ3v) is 4.57. The lowest BCUT2D eigenvalue weighted by Crippen LogP contribution is -2.44. The van der Waals surface area contributed by atoms with E-state index in [-0.39, 0.29) is 0 Å². The van der Waals surface area contributed by atoms with Crippen molar-refractivity contribution in [2.24, 2.45) is 0 Å². The highest BCUT2D eigenvalue weighted by Crippen LogP contribution is 2.22. The van der Waals surface area contributed by atoms with Crippen LogP contribution in [0.5, 0.6) is 0 Å². The molecule has 2 rings (SSSR count). The zero-order valence-electron chi connectivity index (χ0n) is 12.9. The normalized spacial score (nSPS) is 30.3. The van der Waals surface area contributed by atoms with Gasteiger partial charge in [0.05, 0.1) is 12.2 Å². The fourth-order valence-corrected chi connectivity index (χ4v) is 3.28. The van der Waals surface area contributed by atoms with Gasteiger partial charge in [-0.2, -0.15) is 0 Å². The highest BCUT2D eigenvalue weighted by molar-refractivity contribution is 4.82. The average Bonchev–Trinajstić information content (AvgIpc) is 2.84. The van der Waals surface area contributed by atoms with Crippen molar-refractivity contribution in [1.82, 2.24) is 15.1 Å². The first-order valence-corrected chi connectivity index (χ1v) is 7.94.